The Kier molecular flexibility index (Phi) is 6.98. The standard InChI is InChI=1S/C9H10F3N.C4H6/c1-13-6-7-2-4-8(5-3-7)9(10,11)12;1-3-4-2/h2-5,13H,6H2,1H3;3-4H,1-2H2. The fourth-order valence-electron chi connectivity index (χ4n) is 1.02. The lowest BCUT2D eigenvalue weighted by atomic mass is 10.1. The maximum Gasteiger partial charge on any atom is 0.416 e. The predicted octanol–water partition coefficient (Wildman–Crippen LogP) is 3.78. The van der Waals surface area contributed by atoms with Crippen molar-refractivity contribution in [2.24, 2.45) is 0 Å². The quantitative estimate of drug-likeness (QED) is 0.796. The first kappa shape index (κ1) is 15.4. The summed E-state index contributed by atoms with van der Waals surface area (Å²) in [5, 5.41) is 2.86. The summed E-state index contributed by atoms with van der Waals surface area (Å²) in [6.45, 7) is 7.30. The molecule has 1 aromatic rings. The van der Waals surface area contributed by atoms with E-state index in [1.54, 1.807) is 19.2 Å². The zero-order valence-electron chi connectivity index (χ0n) is 9.72. The van der Waals surface area contributed by atoms with Crippen LogP contribution in [0.1, 0.15) is 11.1 Å². The molecule has 0 heterocycles. The molecule has 17 heavy (non-hydrogen) atoms. The molecule has 4 heteroatoms. The van der Waals surface area contributed by atoms with E-state index < -0.39 is 11.7 Å². The van der Waals surface area contributed by atoms with Gasteiger partial charge in [-0.15, -0.1) is 0 Å². The Morgan fingerprint density at radius 2 is 1.59 bits per heavy atom. The topological polar surface area (TPSA) is 12.0 Å². The van der Waals surface area contributed by atoms with Crippen LogP contribution in [0.2, 0.25) is 0 Å². The van der Waals surface area contributed by atoms with Crippen molar-refractivity contribution in [2.45, 2.75) is 12.7 Å². The van der Waals surface area contributed by atoms with Gasteiger partial charge in [0.05, 0.1) is 5.56 Å². The average Bonchev–Trinajstić information content (AvgIpc) is 2.29. The normalized spacial score (nSPS) is 10.1. The number of halogens is 3. The first-order valence-electron chi connectivity index (χ1n) is 5.00. The molecule has 1 N–H and O–H groups in total. The van der Waals surface area contributed by atoms with Gasteiger partial charge in [0.15, 0.2) is 0 Å². The van der Waals surface area contributed by atoms with E-state index in [4.69, 9.17) is 0 Å². The third-order valence-electron chi connectivity index (χ3n) is 1.83. The van der Waals surface area contributed by atoms with Crippen LogP contribution in [-0.2, 0) is 12.7 Å². The molecule has 0 saturated heterocycles. The fourth-order valence-corrected chi connectivity index (χ4v) is 1.02. The zero-order chi connectivity index (χ0) is 13.3. The van der Waals surface area contributed by atoms with E-state index >= 15 is 0 Å². The molecule has 1 aromatic carbocycles. The molecule has 0 amide bonds. The van der Waals surface area contributed by atoms with Crippen LogP contribution < -0.4 is 5.32 Å². The van der Waals surface area contributed by atoms with E-state index in [9.17, 15) is 13.2 Å². The van der Waals surface area contributed by atoms with Crippen LogP contribution in [0, 0.1) is 0 Å². The van der Waals surface area contributed by atoms with Gasteiger partial charge in [-0.05, 0) is 24.7 Å². The minimum Gasteiger partial charge on any atom is -0.316 e. The van der Waals surface area contributed by atoms with E-state index in [2.05, 4.69) is 18.5 Å². The number of allylic oxidation sites excluding steroid dienone is 2. The van der Waals surface area contributed by atoms with Crippen LogP contribution in [0.25, 0.3) is 0 Å². The molecule has 0 aliphatic heterocycles. The summed E-state index contributed by atoms with van der Waals surface area (Å²) in [7, 11) is 1.75. The molecular weight excluding hydrogens is 227 g/mol. The highest BCUT2D eigenvalue weighted by molar-refractivity contribution is 5.24. The fraction of sp³-hybridized carbons (Fsp3) is 0.231. The molecule has 0 unspecified atom stereocenters. The highest BCUT2D eigenvalue weighted by Gasteiger charge is 2.29. The molecule has 0 aliphatic carbocycles. The van der Waals surface area contributed by atoms with Gasteiger partial charge in [0, 0.05) is 6.54 Å². The van der Waals surface area contributed by atoms with Crippen molar-refractivity contribution in [3.8, 4) is 0 Å². The van der Waals surface area contributed by atoms with Crippen molar-refractivity contribution < 1.29 is 13.2 Å². The van der Waals surface area contributed by atoms with Crippen molar-refractivity contribution in [1.82, 2.24) is 5.32 Å². The second-order valence-electron chi connectivity index (χ2n) is 3.20. The van der Waals surface area contributed by atoms with Gasteiger partial charge in [-0.3, -0.25) is 0 Å². The largest absolute Gasteiger partial charge is 0.416 e. The molecule has 94 valence electrons. The van der Waals surface area contributed by atoms with Crippen molar-refractivity contribution in [1.29, 1.82) is 0 Å². The Bertz CT molecular complexity index is 333. The van der Waals surface area contributed by atoms with E-state index in [1.807, 2.05) is 0 Å². The van der Waals surface area contributed by atoms with Gasteiger partial charge < -0.3 is 5.32 Å². The zero-order valence-corrected chi connectivity index (χ0v) is 9.72. The molecule has 0 radical (unpaired) electrons. The maximum absolute atomic E-state index is 12.1. The molecule has 0 saturated carbocycles. The molecule has 0 aromatic heterocycles. The highest BCUT2D eigenvalue weighted by Crippen LogP contribution is 2.28. The number of hydrogen-bond donors (Lipinski definition) is 1. The number of rotatable bonds is 3. The van der Waals surface area contributed by atoms with Crippen molar-refractivity contribution >= 4 is 0 Å². The van der Waals surface area contributed by atoms with Gasteiger partial charge in [0.2, 0.25) is 0 Å². The van der Waals surface area contributed by atoms with E-state index in [0.717, 1.165) is 17.7 Å². The van der Waals surface area contributed by atoms with E-state index in [1.165, 1.54) is 12.1 Å². The Labute approximate surface area is 99.7 Å². The second kappa shape index (κ2) is 7.68. The third kappa shape index (κ3) is 6.58. The number of hydrogen-bond acceptors (Lipinski definition) is 1. The number of benzene rings is 1. The summed E-state index contributed by atoms with van der Waals surface area (Å²) in [6.07, 6.45) is -0.960. The first-order valence-corrected chi connectivity index (χ1v) is 5.00. The predicted molar refractivity (Wildman–Crippen MR) is 64.6 cm³/mol. The lowest BCUT2D eigenvalue weighted by Crippen LogP contribution is -2.07. The van der Waals surface area contributed by atoms with Gasteiger partial charge in [0.25, 0.3) is 0 Å². The van der Waals surface area contributed by atoms with Crippen molar-refractivity contribution in [2.75, 3.05) is 7.05 Å². The molecular formula is C13H16F3N. The minimum absolute atomic E-state index is 0.581. The molecule has 0 atom stereocenters. The van der Waals surface area contributed by atoms with Crippen LogP contribution >= 0.6 is 0 Å². The van der Waals surface area contributed by atoms with Crippen LogP contribution in [-0.4, -0.2) is 7.05 Å². The monoisotopic (exact) mass is 243 g/mol. The highest BCUT2D eigenvalue weighted by atomic mass is 19.4. The number of nitrogens with one attached hydrogen (secondary N) is 1. The summed E-state index contributed by atoms with van der Waals surface area (Å²) in [4.78, 5) is 0. The molecule has 1 nitrogen and oxygen atoms in total. The molecule has 0 fully saturated rings. The van der Waals surface area contributed by atoms with Gasteiger partial charge in [-0.2, -0.15) is 13.2 Å². The lowest BCUT2D eigenvalue weighted by molar-refractivity contribution is -0.137. The smallest absolute Gasteiger partial charge is 0.316 e. The minimum atomic E-state index is -4.24. The maximum atomic E-state index is 12.1. The third-order valence-corrected chi connectivity index (χ3v) is 1.83. The van der Waals surface area contributed by atoms with Crippen LogP contribution in [0.15, 0.2) is 49.6 Å². The van der Waals surface area contributed by atoms with E-state index in [-0.39, 0.29) is 0 Å². The summed E-state index contributed by atoms with van der Waals surface area (Å²) in [5.74, 6) is 0. The molecule has 0 spiro atoms. The molecule has 1 rings (SSSR count). The van der Waals surface area contributed by atoms with Gasteiger partial charge in [-0.25, -0.2) is 0 Å². The molecule has 0 bridgehead atoms. The number of alkyl halides is 3. The Balaban J connectivity index is 0.000000557. The Hall–Kier alpha value is -1.55. The lowest BCUT2D eigenvalue weighted by Gasteiger charge is -2.06. The Morgan fingerprint density at radius 1 is 1.12 bits per heavy atom. The summed E-state index contributed by atoms with van der Waals surface area (Å²) in [6, 6.07) is 5.12. The molecule has 0 aliphatic rings. The summed E-state index contributed by atoms with van der Waals surface area (Å²) >= 11 is 0. The van der Waals surface area contributed by atoms with Crippen molar-refractivity contribution in [3.05, 3.63) is 60.7 Å². The Morgan fingerprint density at radius 3 is 1.88 bits per heavy atom. The first-order chi connectivity index (χ1) is 7.95. The van der Waals surface area contributed by atoms with E-state index in [0.29, 0.717) is 6.54 Å². The summed E-state index contributed by atoms with van der Waals surface area (Å²) < 4.78 is 36.3. The van der Waals surface area contributed by atoms with Crippen LogP contribution in [0.4, 0.5) is 13.2 Å². The SMILES string of the molecule is C=CC=C.CNCc1ccc(C(F)(F)F)cc1. The van der Waals surface area contributed by atoms with Gasteiger partial charge in [-0.1, -0.05) is 37.4 Å². The van der Waals surface area contributed by atoms with Crippen molar-refractivity contribution in [3.63, 3.8) is 0 Å². The van der Waals surface area contributed by atoms with Crippen LogP contribution in [0.3, 0.4) is 0 Å². The van der Waals surface area contributed by atoms with Crippen LogP contribution in [0.5, 0.6) is 0 Å². The van der Waals surface area contributed by atoms with Gasteiger partial charge in [0.1, 0.15) is 0 Å². The summed E-state index contributed by atoms with van der Waals surface area (Å²) in [5.41, 5.74) is 0.239. The average molecular weight is 243 g/mol. The van der Waals surface area contributed by atoms with Gasteiger partial charge >= 0.3 is 6.18 Å². The second-order valence-corrected chi connectivity index (χ2v) is 3.20.